The number of allylic oxidation sites excluding steroid dienone is 2. The molecule has 1 aliphatic heterocycles. The van der Waals surface area contributed by atoms with E-state index < -0.39 is 0 Å². The topological polar surface area (TPSA) is 55.8 Å². The molecule has 5 heteroatoms. The summed E-state index contributed by atoms with van der Waals surface area (Å²) in [5, 5.41) is 0. The molecule has 0 aromatic carbocycles. The lowest BCUT2D eigenvalue weighted by molar-refractivity contribution is -0.143. The Morgan fingerprint density at radius 3 is 1.33 bits per heavy atom. The Bertz CT molecular complexity index is 751. The van der Waals surface area contributed by atoms with Crippen molar-refractivity contribution in [1.82, 2.24) is 4.90 Å². The first-order valence-corrected chi connectivity index (χ1v) is 20.8. The zero-order chi connectivity index (χ0) is 34.8. The molecule has 1 saturated heterocycles. The van der Waals surface area contributed by atoms with Crippen molar-refractivity contribution in [1.29, 1.82) is 0 Å². The number of carbonyl (C=O) groups is 2. The van der Waals surface area contributed by atoms with E-state index in [-0.39, 0.29) is 11.9 Å². The van der Waals surface area contributed by atoms with Gasteiger partial charge in [0.15, 0.2) is 0 Å². The molecule has 0 N–H and O–H groups in total. The van der Waals surface area contributed by atoms with Crippen LogP contribution in [0.3, 0.4) is 0 Å². The third kappa shape index (κ3) is 27.2. The summed E-state index contributed by atoms with van der Waals surface area (Å²) in [6.45, 7) is 7.87. The molecule has 0 saturated carbocycles. The second-order valence-corrected chi connectivity index (χ2v) is 14.9. The molecule has 5 nitrogen and oxygen atoms in total. The maximum atomic E-state index is 11.9. The van der Waals surface area contributed by atoms with Gasteiger partial charge < -0.3 is 14.4 Å². The lowest BCUT2D eigenvalue weighted by Gasteiger charge is -2.29. The second-order valence-electron chi connectivity index (χ2n) is 14.9. The van der Waals surface area contributed by atoms with Crippen molar-refractivity contribution in [2.75, 3.05) is 33.4 Å². The highest BCUT2D eigenvalue weighted by Gasteiger charge is 2.35. The fraction of sp³-hybridized carbons (Fsp3) is 0.860. The summed E-state index contributed by atoms with van der Waals surface area (Å²) in [7, 11) is 2.30. The molecule has 1 fully saturated rings. The van der Waals surface area contributed by atoms with Crippen molar-refractivity contribution in [2.24, 2.45) is 5.41 Å². The molecule has 1 rings (SSSR count). The highest BCUT2D eigenvalue weighted by Crippen LogP contribution is 2.40. The van der Waals surface area contributed by atoms with Crippen molar-refractivity contribution in [2.45, 2.75) is 200 Å². The fourth-order valence-electron chi connectivity index (χ4n) is 7.17. The van der Waals surface area contributed by atoms with E-state index in [1.165, 1.54) is 148 Å². The second kappa shape index (κ2) is 32.6. The van der Waals surface area contributed by atoms with Gasteiger partial charge in [-0.05, 0) is 76.8 Å². The molecular weight excluding hydrogens is 594 g/mol. The minimum atomic E-state index is -0.0429. The Kier molecular flexibility index (Phi) is 30.1. The van der Waals surface area contributed by atoms with Crippen LogP contribution in [0, 0.1) is 5.41 Å². The molecule has 0 unspecified atom stereocenters. The van der Waals surface area contributed by atoms with Crippen LogP contribution in [-0.4, -0.2) is 50.2 Å². The maximum absolute atomic E-state index is 11.9. The summed E-state index contributed by atoms with van der Waals surface area (Å²) in [4.78, 5) is 26.4. The van der Waals surface area contributed by atoms with Crippen molar-refractivity contribution in [3.8, 4) is 0 Å². The van der Waals surface area contributed by atoms with E-state index in [4.69, 9.17) is 9.47 Å². The normalized spacial score (nSPS) is 14.8. The van der Waals surface area contributed by atoms with Crippen LogP contribution in [0.15, 0.2) is 24.3 Å². The van der Waals surface area contributed by atoms with Crippen molar-refractivity contribution in [3.63, 3.8) is 0 Å². The number of ether oxygens (including phenoxy) is 2. The van der Waals surface area contributed by atoms with Crippen LogP contribution >= 0.6 is 0 Å². The Morgan fingerprint density at radius 1 is 0.542 bits per heavy atom. The maximum Gasteiger partial charge on any atom is 0.306 e. The minimum absolute atomic E-state index is 0.0429. The number of hydrogen-bond acceptors (Lipinski definition) is 5. The van der Waals surface area contributed by atoms with Crippen molar-refractivity contribution in [3.05, 3.63) is 24.3 Å². The predicted octanol–water partition coefficient (Wildman–Crippen LogP) is 12.5. The predicted molar refractivity (Wildman–Crippen MR) is 205 cm³/mol. The van der Waals surface area contributed by atoms with Crippen LogP contribution < -0.4 is 0 Å². The lowest BCUT2D eigenvalue weighted by Crippen LogP contribution is -2.25. The molecule has 0 radical (unpaired) electrons. The number of hydrogen-bond donors (Lipinski definition) is 0. The monoisotopic (exact) mass is 674 g/mol. The van der Waals surface area contributed by atoms with Crippen LogP contribution in [0.1, 0.15) is 200 Å². The first-order chi connectivity index (χ1) is 23.5. The van der Waals surface area contributed by atoms with Gasteiger partial charge in [-0.1, -0.05) is 154 Å². The Morgan fingerprint density at radius 2 is 0.938 bits per heavy atom. The largest absolute Gasteiger partial charge is 0.461 e. The number of rotatable bonds is 34. The standard InChI is InChI=1S/C43H79NO4/c1-4-6-8-10-18-24-30-38-47-41(45)32-26-20-14-12-16-22-28-34-43(36-37-44(3)40-43)35-29-23-17-13-15-21-27-33-42(46)48-39-31-25-19-11-9-7-5-2/h24-25,30-31H,4-23,26-29,32-40H2,1-3H3/b30-24-,31-25-. The van der Waals surface area contributed by atoms with Crippen LogP contribution in [0.5, 0.6) is 0 Å². The number of carbonyl (C=O) groups excluding carboxylic acids is 2. The summed E-state index contributed by atoms with van der Waals surface area (Å²) in [5.41, 5.74) is 0.546. The third-order valence-corrected chi connectivity index (χ3v) is 10.3. The highest BCUT2D eigenvalue weighted by atomic mass is 16.5. The SMILES string of the molecule is CCCCCC/C=C\COC(=O)CCCCCCCCCC1(CCCCCCCCCC(=O)OC/C=C\CCCCCC)CCN(C)C1. The molecule has 1 heterocycles. The van der Waals surface area contributed by atoms with E-state index in [9.17, 15) is 9.59 Å². The van der Waals surface area contributed by atoms with Crippen LogP contribution in [0.2, 0.25) is 0 Å². The minimum Gasteiger partial charge on any atom is -0.461 e. The van der Waals surface area contributed by atoms with Gasteiger partial charge in [-0.3, -0.25) is 9.59 Å². The van der Waals surface area contributed by atoms with Gasteiger partial charge in [-0.25, -0.2) is 0 Å². The van der Waals surface area contributed by atoms with Gasteiger partial charge in [-0.15, -0.1) is 0 Å². The third-order valence-electron chi connectivity index (χ3n) is 10.3. The van der Waals surface area contributed by atoms with Gasteiger partial charge in [-0.2, -0.15) is 0 Å². The van der Waals surface area contributed by atoms with E-state index in [1.54, 1.807) is 0 Å². The number of unbranched alkanes of at least 4 members (excludes halogenated alkanes) is 20. The molecule has 0 aromatic heterocycles. The summed E-state index contributed by atoms with van der Waals surface area (Å²) < 4.78 is 10.7. The van der Waals surface area contributed by atoms with E-state index in [0.717, 1.165) is 38.5 Å². The van der Waals surface area contributed by atoms with Crippen molar-refractivity contribution < 1.29 is 19.1 Å². The van der Waals surface area contributed by atoms with Gasteiger partial charge in [0.2, 0.25) is 0 Å². The zero-order valence-electron chi connectivity index (χ0n) is 32.2. The van der Waals surface area contributed by atoms with Crippen LogP contribution in [-0.2, 0) is 19.1 Å². The Labute approximate surface area is 298 Å². The van der Waals surface area contributed by atoms with E-state index in [0.29, 0.717) is 31.5 Å². The molecule has 0 aliphatic carbocycles. The quantitative estimate of drug-likeness (QED) is 0.0386. The number of nitrogens with zero attached hydrogens (tertiary/aromatic N) is 1. The average Bonchev–Trinajstić information content (AvgIpc) is 3.45. The zero-order valence-corrected chi connectivity index (χ0v) is 32.2. The first-order valence-electron chi connectivity index (χ1n) is 20.8. The summed E-state index contributed by atoms with van der Waals surface area (Å²) in [6, 6.07) is 0. The molecule has 0 bridgehead atoms. The van der Waals surface area contributed by atoms with Gasteiger partial charge in [0.1, 0.15) is 13.2 Å². The molecular formula is C43H79NO4. The van der Waals surface area contributed by atoms with Gasteiger partial charge in [0.25, 0.3) is 0 Å². The Hall–Kier alpha value is -1.62. The smallest absolute Gasteiger partial charge is 0.306 e. The molecule has 0 spiro atoms. The van der Waals surface area contributed by atoms with Crippen LogP contribution in [0.25, 0.3) is 0 Å². The number of likely N-dealkylation sites (tertiary alicyclic amines) is 1. The molecule has 1 aliphatic rings. The summed E-state index contributed by atoms with van der Waals surface area (Å²) >= 11 is 0. The highest BCUT2D eigenvalue weighted by molar-refractivity contribution is 5.69. The van der Waals surface area contributed by atoms with Gasteiger partial charge >= 0.3 is 11.9 Å². The van der Waals surface area contributed by atoms with E-state index >= 15 is 0 Å². The van der Waals surface area contributed by atoms with Gasteiger partial charge in [0, 0.05) is 19.4 Å². The summed E-state index contributed by atoms with van der Waals surface area (Å²) in [6.07, 6.45) is 43.3. The summed E-state index contributed by atoms with van der Waals surface area (Å²) in [5.74, 6) is -0.0857. The lowest BCUT2D eigenvalue weighted by atomic mass is 9.77. The van der Waals surface area contributed by atoms with E-state index in [1.807, 2.05) is 12.2 Å². The average molecular weight is 674 g/mol. The van der Waals surface area contributed by atoms with Crippen LogP contribution in [0.4, 0.5) is 0 Å². The molecule has 48 heavy (non-hydrogen) atoms. The van der Waals surface area contributed by atoms with E-state index in [2.05, 4.69) is 37.9 Å². The van der Waals surface area contributed by atoms with Crippen molar-refractivity contribution >= 4 is 11.9 Å². The molecule has 280 valence electrons. The Balaban J connectivity index is 1.98. The first kappa shape index (κ1) is 44.4. The van der Waals surface area contributed by atoms with Gasteiger partial charge in [0.05, 0.1) is 0 Å². The fourth-order valence-corrected chi connectivity index (χ4v) is 7.17. The molecule has 0 aromatic rings. The molecule has 0 atom stereocenters. The molecule has 0 amide bonds. The number of esters is 2.